The van der Waals surface area contributed by atoms with Crippen molar-refractivity contribution in [2.45, 2.75) is 101 Å². The molecule has 2 amide bonds. The summed E-state index contributed by atoms with van der Waals surface area (Å²) in [5.74, 6) is 0.397. The maximum absolute atomic E-state index is 13.9. The van der Waals surface area contributed by atoms with E-state index in [4.69, 9.17) is 13.9 Å². The Kier molecular flexibility index (Phi) is 8.67. The maximum Gasteiger partial charge on any atom is 0.534 e. The van der Waals surface area contributed by atoms with Crippen LogP contribution in [0.3, 0.4) is 0 Å². The molecule has 10 nitrogen and oxygen atoms in total. The zero-order valence-corrected chi connectivity index (χ0v) is 29.0. The van der Waals surface area contributed by atoms with Crippen LogP contribution in [-0.4, -0.2) is 60.0 Å². The van der Waals surface area contributed by atoms with E-state index in [2.05, 4.69) is 10.3 Å². The normalized spacial score (nSPS) is 23.0. The Bertz CT molecular complexity index is 1900. The number of ether oxygens (including phenoxy) is 1. The Labute approximate surface area is 289 Å². The number of nitrogens with zero attached hydrogens (tertiary/aromatic N) is 2. The fourth-order valence-corrected chi connectivity index (χ4v) is 9.48. The minimum atomic E-state index is -5.80. The third-order valence-electron chi connectivity index (χ3n) is 11.3. The van der Waals surface area contributed by atoms with Gasteiger partial charge in [0.15, 0.2) is 0 Å². The molecular weight excluding hydrogens is 673 g/mol. The number of imidazole rings is 1. The van der Waals surface area contributed by atoms with E-state index >= 15 is 0 Å². The van der Waals surface area contributed by atoms with Gasteiger partial charge in [-0.3, -0.25) is 4.79 Å². The summed E-state index contributed by atoms with van der Waals surface area (Å²) in [6, 6.07) is 9.92. The summed E-state index contributed by atoms with van der Waals surface area (Å²) < 4.78 is 73.1. The molecule has 1 aromatic heterocycles. The van der Waals surface area contributed by atoms with Crippen LogP contribution in [0, 0.1) is 11.8 Å². The minimum absolute atomic E-state index is 0.0706. The third-order valence-corrected chi connectivity index (χ3v) is 12.3. The van der Waals surface area contributed by atoms with Gasteiger partial charge in [-0.1, -0.05) is 57.0 Å². The Balaban J connectivity index is 1.17. The number of H-pyrrole nitrogens is 1. The lowest BCUT2D eigenvalue weighted by Crippen LogP contribution is -2.54. The number of aromatic nitrogens is 2. The highest BCUT2D eigenvalue weighted by Gasteiger charge is 2.52. The molecule has 2 aromatic carbocycles. The van der Waals surface area contributed by atoms with Crippen LogP contribution < -0.4 is 9.50 Å². The number of methoxy groups -OCH3 is 1. The van der Waals surface area contributed by atoms with Crippen molar-refractivity contribution in [3.05, 3.63) is 59.5 Å². The van der Waals surface area contributed by atoms with Gasteiger partial charge in [-0.25, -0.2) is 9.78 Å². The molecule has 2 unspecified atom stereocenters. The first-order valence-electron chi connectivity index (χ1n) is 17.2. The topological polar surface area (TPSA) is 131 Å². The van der Waals surface area contributed by atoms with Gasteiger partial charge in [0, 0.05) is 11.6 Å². The van der Waals surface area contributed by atoms with E-state index < -0.39 is 27.8 Å². The van der Waals surface area contributed by atoms with Crippen LogP contribution in [0.25, 0.3) is 22.4 Å². The number of hydrogen-bond donors (Lipinski definition) is 2. The number of amides is 2. The summed E-state index contributed by atoms with van der Waals surface area (Å²) >= 11 is 0. The van der Waals surface area contributed by atoms with Crippen molar-refractivity contribution in [3.63, 3.8) is 0 Å². The highest BCUT2D eigenvalue weighted by Crippen LogP contribution is 2.56. The molecule has 2 bridgehead atoms. The van der Waals surface area contributed by atoms with Gasteiger partial charge in [0.05, 0.1) is 25.0 Å². The molecule has 1 aliphatic heterocycles. The number of halogens is 3. The number of aromatic amines is 1. The molecule has 2 heterocycles. The fourth-order valence-electron chi connectivity index (χ4n) is 8.99. The number of rotatable bonds is 8. The molecule has 1 spiro atoms. The van der Waals surface area contributed by atoms with Crippen LogP contribution in [0.1, 0.15) is 88.2 Å². The minimum Gasteiger partial charge on any atom is -0.453 e. The van der Waals surface area contributed by atoms with Crippen LogP contribution in [0.2, 0.25) is 0 Å². The Morgan fingerprint density at radius 2 is 1.74 bits per heavy atom. The van der Waals surface area contributed by atoms with Gasteiger partial charge in [-0.05, 0) is 90.5 Å². The van der Waals surface area contributed by atoms with Gasteiger partial charge in [-0.15, -0.1) is 0 Å². The highest BCUT2D eigenvalue weighted by atomic mass is 32.2. The van der Waals surface area contributed by atoms with Gasteiger partial charge in [0.2, 0.25) is 5.91 Å². The van der Waals surface area contributed by atoms with Crippen LogP contribution >= 0.6 is 0 Å². The second-order valence-electron chi connectivity index (χ2n) is 14.5. The molecule has 4 atom stereocenters. The van der Waals surface area contributed by atoms with E-state index in [1.165, 1.54) is 13.2 Å². The molecule has 1 saturated heterocycles. The number of alkyl halides is 3. The van der Waals surface area contributed by atoms with Crippen LogP contribution in [-0.2, 0) is 31.5 Å². The van der Waals surface area contributed by atoms with E-state index in [-0.39, 0.29) is 41.0 Å². The molecule has 3 aromatic rings. The Hall–Kier alpha value is -4.07. The summed E-state index contributed by atoms with van der Waals surface area (Å²) in [5, 5.41) is 2.71. The average molecular weight is 715 g/mol. The van der Waals surface area contributed by atoms with Crippen LogP contribution in [0.5, 0.6) is 5.75 Å². The molecule has 3 aliphatic carbocycles. The number of piperidine rings is 1. The first-order chi connectivity index (χ1) is 23.7. The summed E-state index contributed by atoms with van der Waals surface area (Å²) in [5.41, 5.74) is -0.954. The Morgan fingerprint density at radius 1 is 1.04 bits per heavy atom. The van der Waals surface area contributed by atoms with E-state index in [0.29, 0.717) is 17.8 Å². The lowest BCUT2D eigenvalue weighted by molar-refractivity contribution is -0.139. The van der Waals surface area contributed by atoms with Crippen LogP contribution in [0.15, 0.2) is 42.6 Å². The molecule has 2 N–H and O–H groups in total. The number of hydrogen-bond acceptors (Lipinski definition) is 7. The summed E-state index contributed by atoms with van der Waals surface area (Å²) in [6.07, 6.45) is 8.81. The zero-order chi connectivity index (χ0) is 35.6. The standard InChI is InChI=1S/C36H41F3N4O6S/c1-20(2)30(42-34(45)48-3)33(44)43-24-11-10-23(18-24)31(43)32-40-19-27(41-32)22-8-6-21(7-9-22)25-12-13-28(49-50(46,47)36(37,38)39)26-14-17-35(29(25)26)15-4-5-16-35/h6-9,12-13,19-20,23-24,30-31H,4-5,10-11,14-18H2,1-3H3,(H,40,41)(H,42,45)/t23?,24?,30-,31-/m0/s1. The number of alkyl carbamates (subject to hydrolysis) is 1. The molecule has 14 heteroatoms. The SMILES string of the molecule is COC(=O)N[C@H](C(=O)N1C2CCC(C2)[C@H]1c1ncc(-c2ccc(-c3ccc(OS(=O)(=O)C(F)(F)F)c4c3C3(CCCC3)CC4)cc2)[nH]1)C(C)C. The number of carbonyl (C=O) groups is 2. The quantitative estimate of drug-likeness (QED) is 0.187. The first-order valence-corrected chi connectivity index (χ1v) is 18.6. The van der Waals surface area contributed by atoms with Gasteiger partial charge in [0.1, 0.15) is 17.6 Å². The van der Waals surface area contributed by atoms with Crippen molar-refractivity contribution < 1.29 is 40.1 Å². The largest absolute Gasteiger partial charge is 0.534 e. The van der Waals surface area contributed by atoms with Gasteiger partial charge in [-0.2, -0.15) is 21.6 Å². The smallest absolute Gasteiger partial charge is 0.453 e. The highest BCUT2D eigenvalue weighted by molar-refractivity contribution is 7.88. The lowest BCUT2D eigenvalue weighted by Gasteiger charge is -2.37. The number of benzene rings is 2. The summed E-state index contributed by atoms with van der Waals surface area (Å²) in [4.78, 5) is 36.0. The molecule has 0 radical (unpaired) electrons. The second-order valence-corrected chi connectivity index (χ2v) is 16.0. The predicted molar refractivity (Wildman–Crippen MR) is 178 cm³/mol. The van der Waals surface area contributed by atoms with Crippen LogP contribution in [0.4, 0.5) is 18.0 Å². The molecule has 2 saturated carbocycles. The van der Waals surface area contributed by atoms with E-state index in [1.807, 2.05) is 43.0 Å². The lowest BCUT2D eigenvalue weighted by atomic mass is 9.77. The molecule has 50 heavy (non-hydrogen) atoms. The number of nitrogens with one attached hydrogen (secondary N) is 2. The van der Waals surface area contributed by atoms with E-state index in [0.717, 1.165) is 79.3 Å². The first kappa shape index (κ1) is 34.4. The second kappa shape index (κ2) is 12.6. The van der Waals surface area contributed by atoms with E-state index in [9.17, 15) is 31.2 Å². The van der Waals surface area contributed by atoms with Crippen molar-refractivity contribution in [1.29, 1.82) is 0 Å². The van der Waals surface area contributed by atoms with Crippen molar-refractivity contribution in [3.8, 4) is 28.1 Å². The monoisotopic (exact) mass is 714 g/mol. The molecule has 268 valence electrons. The summed E-state index contributed by atoms with van der Waals surface area (Å²) in [7, 11) is -4.53. The zero-order valence-electron chi connectivity index (χ0n) is 28.2. The van der Waals surface area contributed by atoms with Gasteiger partial charge < -0.3 is 24.1 Å². The van der Waals surface area contributed by atoms with Crippen molar-refractivity contribution >= 4 is 22.1 Å². The maximum atomic E-state index is 13.9. The Morgan fingerprint density at radius 3 is 2.40 bits per heavy atom. The average Bonchev–Trinajstić information content (AvgIpc) is 3.93. The number of likely N-dealkylation sites (tertiary alicyclic amines) is 1. The molecular formula is C36H41F3N4O6S. The van der Waals surface area contributed by atoms with E-state index in [1.54, 1.807) is 12.3 Å². The summed E-state index contributed by atoms with van der Waals surface area (Å²) in [6.45, 7) is 3.78. The predicted octanol–water partition coefficient (Wildman–Crippen LogP) is 7.16. The molecule has 4 aliphatic rings. The number of fused-ring (bicyclic) bond motifs is 4. The van der Waals surface area contributed by atoms with Gasteiger partial charge in [0.25, 0.3) is 0 Å². The van der Waals surface area contributed by atoms with Gasteiger partial charge >= 0.3 is 21.7 Å². The van der Waals surface area contributed by atoms with Crippen molar-refractivity contribution in [2.24, 2.45) is 11.8 Å². The molecule has 3 fully saturated rings. The van der Waals surface area contributed by atoms with Crippen molar-refractivity contribution in [2.75, 3.05) is 7.11 Å². The number of carbonyl (C=O) groups excluding carboxylic acids is 2. The van der Waals surface area contributed by atoms with Crippen molar-refractivity contribution in [1.82, 2.24) is 20.2 Å². The molecule has 7 rings (SSSR count). The third kappa shape index (κ3) is 5.82. The fraction of sp³-hybridized carbons (Fsp3) is 0.528.